The van der Waals surface area contributed by atoms with Gasteiger partial charge in [0, 0.05) is 32.5 Å². The first-order valence-electron chi connectivity index (χ1n) is 8.23. The molecule has 0 N–H and O–H groups in total. The molecule has 2 aliphatic heterocycles. The van der Waals surface area contributed by atoms with E-state index in [1.54, 1.807) is 7.05 Å². The molecule has 116 valence electrons. The van der Waals surface area contributed by atoms with E-state index in [0.717, 1.165) is 13.0 Å². The SMILES string of the molecule is C[C@@H]1CCC[C@H]2CCCN(C(=O)C3=NN(C)C(=O)CC3)[C@H]21. The first kappa shape index (κ1) is 14.5. The van der Waals surface area contributed by atoms with Gasteiger partial charge in [0.2, 0.25) is 5.91 Å². The summed E-state index contributed by atoms with van der Waals surface area (Å²) >= 11 is 0. The van der Waals surface area contributed by atoms with E-state index >= 15 is 0 Å². The van der Waals surface area contributed by atoms with Crippen LogP contribution in [0.5, 0.6) is 0 Å². The van der Waals surface area contributed by atoms with E-state index in [-0.39, 0.29) is 11.8 Å². The molecule has 3 atom stereocenters. The first-order valence-corrected chi connectivity index (χ1v) is 8.23. The standard InChI is InChI=1S/C16H25N3O2/c1-11-5-3-6-12-7-4-10-19(15(11)12)16(21)13-8-9-14(20)18(2)17-13/h11-12,15H,3-10H2,1-2H3/t11-,12+,15+/m1/s1. The summed E-state index contributed by atoms with van der Waals surface area (Å²) in [5.74, 6) is 1.30. The van der Waals surface area contributed by atoms with Gasteiger partial charge in [-0.2, -0.15) is 5.10 Å². The number of amides is 2. The molecule has 0 spiro atoms. The normalized spacial score (nSPS) is 33.5. The van der Waals surface area contributed by atoms with Gasteiger partial charge in [-0.1, -0.05) is 13.3 Å². The Balaban J connectivity index is 1.80. The second-order valence-corrected chi connectivity index (χ2v) is 6.76. The highest BCUT2D eigenvalue weighted by molar-refractivity contribution is 6.39. The van der Waals surface area contributed by atoms with E-state index in [9.17, 15) is 9.59 Å². The molecule has 3 rings (SSSR count). The highest BCUT2D eigenvalue weighted by atomic mass is 16.2. The molecule has 5 heteroatoms. The van der Waals surface area contributed by atoms with Crippen LogP contribution in [0.25, 0.3) is 0 Å². The molecule has 3 aliphatic rings. The molecule has 0 aromatic rings. The van der Waals surface area contributed by atoms with Gasteiger partial charge in [-0.05, 0) is 37.5 Å². The molecule has 0 unspecified atom stereocenters. The third kappa shape index (κ3) is 2.70. The second kappa shape index (κ2) is 5.78. The molecule has 0 aromatic carbocycles. The van der Waals surface area contributed by atoms with Gasteiger partial charge < -0.3 is 4.90 Å². The van der Waals surface area contributed by atoms with Crippen LogP contribution in [0, 0.1) is 11.8 Å². The second-order valence-electron chi connectivity index (χ2n) is 6.76. The van der Waals surface area contributed by atoms with Crippen molar-refractivity contribution in [3.8, 4) is 0 Å². The van der Waals surface area contributed by atoms with Gasteiger partial charge in [0.1, 0.15) is 5.71 Å². The van der Waals surface area contributed by atoms with Crippen molar-refractivity contribution in [1.29, 1.82) is 0 Å². The van der Waals surface area contributed by atoms with Crippen LogP contribution in [0.1, 0.15) is 51.9 Å². The van der Waals surface area contributed by atoms with E-state index in [1.165, 1.54) is 30.7 Å². The average molecular weight is 291 g/mol. The number of carbonyl (C=O) groups is 2. The van der Waals surface area contributed by atoms with Crippen molar-refractivity contribution >= 4 is 17.5 Å². The Morgan fingerprint density at radius 3 is 2.71 bits per heavy atom. The summed E-state index contributed by atoms with van der Waals surface area (Å²) < 4.78 is 0. The van der Waals surface area contributed by atoms with E-state index in [2.05, 4.69) is 16.9 Å². The number of fused-ring (bicyclic) bond motifs is 1. The quantitative estimate of drug-likeness (QED) is 0.742. The van der Waals surface area contributed by atoms with Crippen LogP contribution < -0.4 is 0 Å². The zero-order chi connectivity index (χ0) is 15.0. The molecule has 1 saturated heterocycles. The van der Waals surface area contributed by atoms with Gasteiger partial charge in [0.05, 0.1) is 0 Å². The maximum absolute atomic E-state index is 12.9. The van der Waals surface area contributed by atoms with Crippen LogP contribution in [0.3, 0.4) is 0 Å². The minimum absolute atomic E-state index is 0.00546. The van der Waals surface area contributed by atoms with Crippen LogP contribution in [0.2, 0.25) is 0 Å². The first-order chi connectivity index (χ1) is 10.1. The summed E-state index contributed by atoms with van der Waals surface area (Å²) in [7, 11) is 1.64. The number of carbonyl (C=O) groups excluding carboxylic acids is 2. The molecule has 2 heterocycles. The fourth-order valence-corrected chi connectivity index (χ4v) is 4.28. The predicted octanol–water partition coefficient (Wildman–Crippen LogP) is 2.02. The summed E-state index contributed by atoms with van der Waals surface area (Å²) in [6, 6.07) is 0.380. The van der Waals surface area contributed by atoms with Crippen molar-refractivity contribution in [2.75, 3.05) is 13.6 Å². The Morgan fingerprint density at radius 1 is 1.19 bits per heavy atom. The lowest BCUT2D eigenvalue weighted by molar-refractivity contribution is -0.133. The number of hydrogen-bond donors (Lipinski definition) is 0. The third-order valence-corrected chi connectivity index (χ3v) is 5.35. The highest BCUT2D eigenvalue weighted by Crippen LogP contribution is 2.38. The van der Waals surface area contributed by atoms with E-state index < -0.39 is 0 Å². The number of rotatable bonds is 1. The Bertz CT molecular complexity index is 472. The third-order valence-electron chi connectivity index (χ3n) is 5.35. The van der Waals surface area contributed by atoms with E-state index in [1.807, 2.05) is 0 Å². The molecular formula is C16H25N3O2. The Labute approximate surface area is 126 Å². The average Bonchev–Trinajstić information content (AvgIpc) is 2.49. The highest BCUT2D eigenvalue weighted by Gasteiger charge is 2.41. The van der Waals surface area contributed by atoms with Gasteiger partial charge >= 0.3 is 0 Å². The minimum atomic E-state index is -0.00546. The number of nitrogens with zero attached hydrogens (tertiary/aromatic N) is 3. The van der Waals surface area contributed by atoms with Crippen molar-refractivity contribution in [1.82, 2.24) is 9.91 Å². The summed E-state index contributed by atoms with van der Waals surface area (Å²) in [5, 5.41) is 5.53. The van der Waals surface area contributed by atoms with Gasteiger partial charge in [0.15, 0.2) is 0 Å². The smallest absolute Gasteiger partial charge is 0.270 e. The molecule has 2 amide bonds. The molecule has 21 heavy (non-hydrogen) atoms. The monoisotopic (exact) mass is 291 g/mol. The predicted molar refractivity (Wildman–Crippen MR) is 80.7 cm³/mol. The molecule has 0 bridgehead atoms. The van der Waals surface area contributed by atoms with Gasteiger partial charge in [-0.15, -0.1) is 0 Å². The molecule has 0 aromatic heterocycles. The number of hydrazone groups is 1. The van der Waals surface area contributed by atoms with E-state index in [0.29, 0.717) is 36.4 Å². The van der Waals surface area contributed by atoms with Crippen molar-refractivity contribution in [3.63, 3.8) is 0 Å². The summed E-state index contributed by atoms with van der Waals surface area (Å²) in [4.78, 5) is 26.4. The van der Waals surface area contributed by atoms with Gasteiger partial charge in [-0.25, -0.2) is 5.01 Å². The van der Waals surface area contributed by atoms with Crippen molar-refractivity contribution in [3.05, 3.63) is 0 Å². The lowest BCUT2D eigenvalue weighted by atomic mass is 9.73. The van der Waals surface area contributed by atoms with Crippen LogP contribution in [-0.4, -0.2) is 47.1 Å². The molecular weight excluding hydrogens is 266 g/mol. The molecule has 1 saturated carbocycles. The minimum Gasteiger partial charge on any atom is -0.334 e. The fourth-order valence-electron chi connectivity index (χ4n) is 4.28. The van der Waals surface area contributed by atoms with Crippen molar-refractivity contribution in [2.45, 2.75) is 57.9 Å². The van der Waals surface area contributed by atoms with Crippen LogP contribution in [-0.2, 0) is 9.59 Å². The van der Waals surface area contributed by atoms with Crippen LogP contribution >= 0.6 is 0 Å². The molecule has 2 fully saturated rings. The number of piperidine rings is 1. The van der Waals surface area contributed by atoms with Crippen molar-refractivity contribution < 1.29 is 9.59 Å². The summed E-state index contributed by atoms with van der Waals surface area (Å²) in [5.41, 5.74) is 0.565. The molecule has 5 nitrogen and oxygen atoms in total. The lowest BCUT2D eigenvalue weighted by Crippen LogP contribution is -2.55. The maximum Gasteiger partial charge on any atom is 0.270 e. The number of hydrogen-bond acceptors (Lipinski definition) is 3. The Morgan fingerprint density at radius 2 is 1.95 bits per heavy atom. The molecule has 0 radical (unpaired) electrons. The Kier molecular flexibility index (Phi) is 4.00. The van der Waals surface area contributed by atoms with Crippen LogP contribution in [0.4, 0.5) is 0 Å². The van der Waals surface area contributed by atoms with Crippen molar-refractivity contribution in [2.24, 2.45) is 16.9 Å². The summed E-state index contributed by atoms with van der Waals surface area (Å²) in [6.45, 7) is 3.13. The zero-order valence-electron chi connectivity index (χ0n) is 13.0. The fraction of sp³-hybridized carbons (Fsp3) is 0.812. The Hall–Kier alpha value is -1.39. The van der Waals surface area contributed by atoms with Gasteiger partial charge in [0.25, 0.3) is 5.91 Å². The maximum atomic E-state index is 12.9. The van der Waals surface area contributed by atoms with Gasteiger partial charge in [-0.3, -0.25) is 9.59 Å². The molecule has 1 aliphatic carbocycles. The van der Waals surface area contributed by atoms with Crippen LogP contribution in [0.15, 0.2) is 5.10 Å². The van der Waals surface area contributed by atoms with E-state index in [4.69, 9.17) is 0 Å². The number of likely N-dealkylation sites (tertiary alicyclic amines) is 1. The summed E-state index contributed by atoms with van der Waals surface area (Å²) in [6.07, 6.45) is 7.01. The lowest BCUT2D eigenvalue weighted by Gasteiger charge is -2.47. The largest absolute Gasteiger partial charge is 0.334 e. The topological polar surface area (TPSA) is 53.0 Å². The zero-order valence-corrected chi connectivity index (χ0v) is 13.0.